The Balaban J connectivity index is 0.000000118. The molecule has 0 N–H and O–H groups in total. The summed E-state index contributed by atoms with van der Waals surface area (Å²) >= 11 is 0. The number of hydrogen-bond acceptors (Lipinski definition) is 3. The van der Waals surface area contributed by atoms with Crippen molar-refractivity contribution in [2.75, 3.05) is 14.7 Å². The van der Waals surface area contributed by atoms with Gasteiger partial charge in [0, 0.05) is 51.2 Å². The normalized spacial score (nSPS) is 11.1. The van der Waals surface area contributed by atoms with E-state index in [9.17, 15) is 0 Å². The molecule has 24 rings (SSSR count). The van der Waals surface area contributed by atoms with E-state index in [4.69, 9.17) is 0 Å². The summed E-state index contributed by atoms with van der Waals surface area (Å²) in [4.78, 5) is 6.96. The second-order valence-electron chi connectivity index (χ2n) is 34.1. The van der Waals surface area contributed by atoms with E-state index in [1.165, 1.54) is 165 Å². The van der Waals surface area contributed by atoms with E-state index in [2.05, 4.69) is 579 Å². The minimum absolute atomic E-state index is 1.12. The van der Waals surface area contributed by atoms with Crippen molar-refractivity contribution < 1.29 is 0 Å². The molecule has 3 heteroatoms. The Labute approximate surface area is 789 Å². The van der Waals surface area contributed by atoms with Crippen LogP contribution >= 0.6 is 0 Å². The molecule has 0 amide bonds. The maximum absolute atomic E-state index is 2.32. The number of nitrogens with zero attached hydrogens (tertiary/aromatic N) is 3. The van der Waals surface area contributed by atoms with Gasteiger partial charge in [-0.15, -0.1) is 0 Å². The largest absolute Gasteiger partial charge is 0.311 e. The van der Waals surface area contributed by atoms with E-state index >= 15 is 0 Å². The molecule has 0 aliphatic rings. The molecule has 3 nitrogen and oxygen atoms in total. The Hall–Kier alpha value is -17.8. The van der Waals surface area contributed by atoms with Crippen LogP contribution in [-0.2, 0) is 0 Å². The van der Waals surface area contributed by atoms with Crippen molar-refractivity contribution in [2.24, 2.45) is 0 Å². The summed E-state index contributed by atoms with van der Waals surface area (Å²) in [6.45, 7) is 0. The van der Waals surface area contributed by atoms with E-state index in [1.54, 1.807) is 0 Å². The van der Waals surface area contributed by atoms with Crippen LogP contribution in [0.5, 0.6) is 0 Å². The maximum atomic E-state index is 2.32. The fraction of sp³-hybridized carbons (Fsp3) is 0. The first-order valence-corrected chi connectivity index (χ1v) is 46.3. The first-order chi connectivity index (χ1) is 67.0. The number of para-hydroxylation sites is 3. The summed E-state index contributed by atoms with van der Waals surface area (Å²) in [5, 5.41) is 15.2. The SMILES string of the molecule is c1ccc(-c2ccc(N(c3ccccc3)c3ccc(-c4ccc(-c5cccc6ccccc56)c5ccccc45)cc3)cc2)cc1.c1ccc(-c2ccc(N(c3ccccc3)c3ccc(-c4cccc5c(-c6ccc7ccccc7c6)cccc45)cc3)cc2)cc1.c1ccc(-c2ccc(N(c3ccccc3)c3ccc(-c4cccc5c(-c6cccc7ccccc67)cccc45)cc3)cc2)cc1. The molecule has 636 valence electrons. The van der Waals surface area contributed by atoms with Crippen molar-refractivity contribution in [1.29, 1.82) is 0 Å². The fourth-order valence-electron chi connectivity index (χ4n) is 19.4. The number of rotatable bonds is 18. The number of hydrogen-bond donors (Lipinski definition) is 0. The third-order valence-electron chi connectivity index (χ3n) is 26.0. The predicted molar refractivity (Wildman–Crippen MR) is 577 cm³/mol. The topological polar surface area (TPSA) is 9.72 Å². The highest BCUT2D eigenvalue weighted by Crippen LogP contribution is 2.47. The predicted octanol–water partition coefficient (Wildman–Crippen LogP) is 37.4. The second-order valence-corrected chi connectivity index (χ2v) is 34.1. The molecule has 0 unspecified atom stereocenters. The maximum Gasteiger partial charge on any atom is 0.0462 e. The Bertz CT molecular complexity index is 7960. The van der Waals surface area contributed by atoms with Crippen molar-refractivity contribution in [3.8, 4) is 100 Å². The first kappa shape index (κ1) is 82.9. The van der Waals surface area contributed by atoms with Crippen molar-refractivity contribution in [3.05, 3.63) is 564 Å². The van der Waals surface area contributed by atoms with Crippen LogP contribution in [0, 0.1) is 0 Å². The van der Waals surface area contributed by atoms with Crippen LogP contribution < -0.4 is 14.7 Å². The zero-order valence-corrected chi connectivity index (χ0v) is 74.5. The van der Waals surface area contributed by atoms with Crippen LogP contribution in [0.15, 0.2) is 564 Å². The standard InChI is InChI=1S/3C44H31N/c1-3-12-32(13-4-1)33-24-28-37(29-25-33)45(36-16-5-2-6-17-36)38-30-26-35(27-31-38)40-19-10-22-43-42(40)21-11-23-44(43)41-20-9-15-34-14-7-8-18-39(34)41;1-3-11-32(12-4-1)34-23-27-39(28-24-34)45(38-15-5-2-6-16-38)40-29-25-35(26-30-40)41-17-9-20-44-42(18-10-19-43(41)44)37-22-21-33-13-7-8-14-36(33)31-37;1-3-12-32(13-4-1)33-22-26-37(27-23-33)45(36-16-5-2-6-17-36)38-28-24-35(25-29-38)40-30-31-44(43-20-10-9-19-41(40)43)42-21-11-15-34-14-7-8-18-39(34)42/h3*1-31H. The zero-order chi connectivity index (χ0) is 90.0. The number of benzene rings is 24. The van der Waals surface area contributed by atoms with E-state index in [0.29, 0.717) is 0 Å². The summed E-state index contributed by atoms with van der Waals surface area (Å²) in [5.74, 6) is 0. The molecule has 0 saturated carbocycles. The lowest BCUT2D eigenvalue weighted by Gasteiger charge is -2.26. The van der Waals surface area contributed by atoms with Crippen LogP contribution in [0.3, 0.4) is 0 Å². The van der Waals surface area contributed by atoms with Crippen LogP contribution in [0.4, 0.5) is 51.2 Å². The molecule has 0 aliphatic heterocycles. The Morgan fingerprint density at radius 1 is 0.0889 bits per heavy atom. The smallest absolute Gasteiger partial charge is 0.0462 e. The van der Waals surface area contributed by atoms with Crippen LogP contribution in [0.2, 0.25) is 0 Å². The lowest BCUT2D eigenvalue weighted by atomic mass is 9.90. The van der Waals surface area contributed by atoms with Gasteiger partial charge < -0.3 is 14.7 Å². The quantitative estimate of drug-likeness (QED) is 0.0848. The van der Waals surface area contributed by atoms with E-state index < -0.39 is 0 Å². The number of fused-ring (bicyclic) bond motifs is 6. The minimum Gasteiger partial charge on any atom is -0.311 e. The number of anilines is 9. The molecular weight excluding hydrogens is 1630 g/mol. The molecule has 0 heterocycles. The average molecular weight is 1720 g/mol. The van der Waals surface area contributed by atoms with Crippen molar-refractivity contribution in [1.82, 2.24) is 0 Å². The lowest BCUT2D eigenvalue weighted by Crippen LogP contribution is -2.09. The van der Waals surface area contributed by atoms with E-state index in [1.807, 2.05) is 0 Å². The molecule has 0 radical (unpaired) electrons. The van der Waals surface area contributed by atoms with Gasteiger partial charge in [0.05, 0.1) is 0 Å². The summed E-state index contributed by atoms with van der Waals surface area (Å²) < 4.78 is 0. The monoisotopic (exact) mass is 1720 g/mol. The molecule has 24 aromatic carbocycles. The summed E-state index contributed by atoms with van der Waals surface area (Å²) in [5.41, 5.74) is 32.3. The van der Waals surface area contributed by atoms with Crippen LogP contribution in [0.1, 0.15) is 0 Å². The Morgan fingerprint density at radius 2 is 0.274 bits per heavy atom. The van der Waals surface area contributed by atoms with Crippen molar-refractivity contribution in [3.63, 3.8) is 0 Å². The van der Waals surface area contributed by atoms with Gasteiger partial charge in [-0.2, -0.15) is 0 Å². The van der Waals surface area contributed by atoms with Gasteiger partial charge in [-0.25, -0.2) is 0 Å². The molecule has 0 bridgehead atoms. The van der Waals surface area contributed by atoms with Gasteiger partial charge in [-0.1, -0.05) is 449 Å². The molecule has 24 aromatic rings. The summed E-state index contributed by atoms with van der Waals surface area (Å²) in [7, 11) is 0. The van der Waals surface area contributed by atoms with Gasteiger partial charge in [0.1, 0.15) is 0 Å². The van der Waals surface area contributed by atoms with Gasteiger partial charge in [-0.3, -0.25) is 0 Å². The fourth-order valence-corrected chi connectivity index (χ4v) is 19.4. The van der Waals surface area contributed by atoms with Gasteiger partial charge in [0.15, 0.2) is 0 Å². The van der Waals surface area contributed by atoms with E-state index in [-0.39, 0.29) is 0 Å². The Kier molecular flexibility index (Phi) is 23.4. The van der Waals surface area contributed by atoms with Gasteiger partial charge in [0.2, 0.25) is 0 Å². The van der Waals surface area contributed by atoms with Gasteiger partial charge >= 0.3 is 0 Å². The van der Waals surface area contributed by atoms with Crippen LogP contribution in [-0.4, -0.2) is 0 Å². The van der Waals surface area contributed by atoms with Crippen LogP contribution in [0.25, 0.3) is 165 Å². The second kappa shape index (κ2) is 38.1. The molecule has 0 saturated heterocycles. The van der Waals surface area contributed by atoms with Crippen molar-refractivity contribution in [2.45, 2.75) is 0 Å². The molecule has 0 atom stereocenters. The third kappa shape index (κ3) is 17.3. The average Bonchev–Trinajstić information content (AvgIpc) is 0.767. The molecular formula is C132H93N3. The van der Waals surface area contributed by atoms with Gasteiger partial charge in [-0.05, 0) is 280 Å². The highest BCUT2D eigenvalue weighted by molar-refractivity contribution is 6.12. The molecule has 0 aliphatic carbocycles. The highest BCUT2D eigenvalue weighted by Gasteiger charge is 2.21. The Morgan fingerprint density at radius 3 is 0.607 bits per heavy atom. The minimum atomic E-state index is 1.12. The zero-order valence-electron chi connectivity index (χ0n) is 74.5. The molecule has 0 spiro atoms. The summed E-state index contributed by atoms with van der Waals surface area (Å²) in [6.07, 6.45) is 0. The molecule has 135 heavy (non-hydrogen) atoms. The third-order valence-corrected chi connectivity index (χ3v) is 26.0. The first-order valence-electron chi connectivity index (χ1n) is 46.3. The highest BCUT2D eigenvalue weighted by atomic mass is 15.2. The molecule has 0 fully saturated rings. The lowest BCUT2D eigenvalue weighted by molar-refractivity contribution is 1.28. The van der Waals surface area contributed by atoms with Gasteiger partial charge in [0.25, 0.3) is 0 Å². The van der Waals surface area contributed by atoms with E-state index in [0.717, 1.165) is 51.2 Å². The molecule has 0 aromatic heterocycles. The summed E-state index contributed by atoms with van der Waals surface area (Å²) in [6, 6.07) is 203. The van der Waals surface area contributed by atoms with Crippen molar-refractivity contribution >= 4 is 116 Å².